The Morgan fingerprint density at radius 2 is 1.83 bits per heavy atom. The summed E-state index contributed by atoms with van der Waals surface area (Å²) in [6.07, 6.45) is 3.53. The molecule has 5 rings (SSSR count). The molecule has 4 heterocycles. The predicted octanol–water partition coefficient (Wildman–Crippen LogP) is 3.56. The molecule has 0 spiro atoms. The number of aromatic nitrogens is 4. The maximum atomic E-state index is 13.0. The van der Waals surface area contributed by atoms with Gasteiger partial charge in [0.2, 0.25) is 5.76 Å². The number of carbonyl (C=O) groups is 1. The number of fused-ring (bicyclic) bond motifs is 1. The number of benzene rings is 1. The van der Waals surface area contributed by atoms with Gasteiger partial charge < -0.3 is 14.0 Å². The minimum Gasteiger partial charge on any atom is -0.350 e. The lowest BCUT2D eigenvalue weighted by molar-refractivity contribution is 0.0669. The van der Waals surface area contributed by atoms with Gasteiger partial charge in [-0.1, -0.05) is 35.5 Å². The van der Waals surface area contributed by atoms with E-state index in [1.165, 1.54) is 0 Å². The first-order valence-corrected chi connectivity index (χ1v) is 9.48. The van der Waals surface area contributed by atoms with E-state index in [4.69, 9.17) is 9.51 Å². The minimum atomic E-state index is -0.156. The molecule has 0 atom stereocenters. The Morgan fingerprint density at radius 3 is 2.62 bits per heavy atom. The molecule has 0 saturated heterocycles. The van der Waals surface area contributed by atoms with Crippen LogP contribution in [0, 0.1) is 6.92 Å². The van der Waals surface area contributed by atoms with E-state index in [2.05, 4.69) is 14.7 Å². The second kappa shape index (κ2) is 7.01. The van der Waals surface area contributed by atoms with Gasteiger partial charge >= 0.3 is 0 Å². The van der Waals surface area contributed by atoms with E-state index < -0.39 is 0 Å². The van der Waals surface area contributed by atoms with Crippen molar-refractivity contribution in [2.24, 2.45) is 0 Å². The van der Waals surface area contributed by atoms with Gasteiger partial charge in [-0.15, -0.1) is 0 Å². The van der Waals surface area contributed by atoms with E-state index in [0.29, 0.717) is 25.3 Å². The average molecular weight is 385 g/mol. The maximum absolute atomic E-state index is 13.0. The molecule has 0 bridgehead atoms. The molecule has 3 aromatic heterocycles. The topological polar surface area (TPSA) is 77.1 Å². The van der Waals surface area contributed by atoms with Gasteiger partial charge in [-0.3, -0.25) is 9.78 Å². The zero-order valence-corrected chi connectivity index (χ0v) is 15.9. The lowest BCUT2D eigenvalue weighted by Gasteiger charge is -2.28. The van der Waals surface area contributed by atoms with Crippen molar-refractivity contribution in [3.63, 3.8) is 0 Å². The van der Waals surface area contributed by atoms with Gasteiger partial charge in [0.05, 0.1) is 17.9 Å². The summed E-state index contributed by atoms with van der Waals surface area (Å²) in [6, 6.07) is 15.3. The molecule has 0 N–H and O–H groups in total. The first kappa shape index (κ1) is 17.4. The van der Waals surface area contributed by atoms with Crippen LogP contribution in [0.4, 0.5) is 0 Å². The zero-order chi connectivity index (χ0) is 19.8. The van der Waals surface area contributed by atoms with Gasteiger partial charge in [-0.2, -0.15) is 0 Å². The van der Waals surface area contributed by atoms with Crippen molar-refractivity contribution < 1.29 is 9.32 Å². The van der Waals surface area contributed by atoms with E-state index in [1.54, 1.807) is 23.4 Å². The highest BCUT2D eigenvalue weighted by atomic mass is 16.5. The Kier molecular flexibility index (Phi) is 4.20. The van der Waals surface area contributed by atoms with Crippen LogP contribution in [0.2, 0.25) is 0 Å². The number of hydrogen-bond acceptors (Lipinski definition) is 5. The Bertz CT molecular complexity index is 1160. The Labute approximate surface area is 167 Å². The van der Waals surface area contributed by atoms with Crippen molar-refractivity contribution >= 4 is 5.91 Å². The van der Waals surface area contributed by atoms with Crippen molar-refractivity contribution in [3.8, 4) is 22.6 Å². The fourth-order valence-electron chi connectivity index (χ4n) is 3.70. The molecule has 1 aromatic carbocycles. The first-order valence-electron chi connectivity index (χ1n) is 9.48. The molecular weight excluding hydrogens is 366 g/mol. The highest BCUT2D eigenvalue weighted by molar-refractivity contribution is 5.92. The third kappa shape index (κ3) is 3.10. The van der Waals surface area contributed by atoms with Gasteiger partial charge in [0, 0.05) is 42.7 Å². The van der Waals surface area contributed by atoms with Gasteiger partial charge in [0.25, 0.3) is 5.91 Å². The van der Waals surface area contributed by atoms with E-state index in [-0.39, 0.29) is 11.7 Å². The second-order valence-electron chi connectivity index (χ2n) is 7.02. The van der Waals surface area contributed by atoms with Crippen molar-refractivity contribution in [2.45, 2.75) is 20.0 Å². The molecular formula is C22H19N5O2. The molecule has 29 heavy (non-hydrogen) atoms. The summed E-state index contributed by atoms with van der Waals surface area (Å²) in [5.41, 5.74) is 4.57. The molecule has 0 fully saturated rings. The molecule has 1 aliphatic rings. The number of hydrogen-bond donors (Lipinski definition) is 0. The van der Waals surface area contributed by atoms with Gasteiger partial charge in [-0.05, 0) is 19.1 Å². The van der Waals surface area contributed by atoms with Crippen LogP contribution in [0.15, 0.2) is 65.4 Å². The van der Waals surface area contributed by atoms with E-state index in [9.17, 15) is 4.79 Å². The van der Waals surface area contributed by atoms with Crippen molar-refractivity contribution in [2.75, 3.05) is 6.54 Å². The number of aryl methyl sites for hydroxylation is 1. The van der Waals surface area contributed by atoms with Crippen LogP contribution in [0.3, 0.4) is 0 Å². The van der Waals surface area contributed by atoms with Crippen LogP contribution in [0.1, 0.15) is 21.9 Å². The normalized spacial score (nSPS) is 13.3. The molecule has 7 nitrogen and oxygen atoms in total. The zero-order valence-electron chi connectivity index (χ0n) is 15.9. The molecule has 7 heteroatoms. The summed E-state index contributed by atoms with van der Waals surface area (Å²) in [5.74, 6) is 1.01. The number of carbonyl (C=O) groups excluding carboxylic acids is 1. The largest absolute Gasteiger partial charge is 0.350 e. The number of imidazole rings is 1. The van der Waals surface area contributed by atoms with Crippen molar-refractivity contribution in [1.82, 2.24) is 24.6 Å². The fourth-order valence-corrected chi connectivity index (χ4v) is 3.70. The standard InChI is InChI=1S/C22H19N5O2/c1-15-19-14-26(11-12-27(19)21(24-15)17-7-9-23-10-8-17)22(28)20-13-18(25-29-20)16-5-3-2-4-6-16/h2-10,13H,11-12,14H2,1H3. The van der Waals surface area contributed by atoms with Crippen molar-refractivity contribution in [3.05, 3.63) is 78.1 Å². The van der Waals surface area contributed by atoms with Crippen LogP contribution in [-0.2, 0) is 13.1 Å². The smallest absolute Gasteiger partial charge is 0.292 e. The Balaban J connectivity index is 1.40. The predicted molar refractivity (Wildman–Crippen MR) is 107 cm³/mol. The van der Waals surface area contributed by atoms with Crippen LogP contribution in [-0.4, -0.2) is 37.0 Å². The van der Waals surface area contributed by atoms with Gasteiger partial charge in [0.15, 0.2) is 0 Å². The van der Waals surface area contributed by atoms with Gasteiger partial charge in [0.1, 0.15) is 11.5 Å². The summed E-state index contributed by atoms with van der Waals surface area (Å²) in [5, 5.41) is 4.06. The number of pyridine rings is 1. The third-order valence-corrected chi connectivity index (χ3v) is 5.22. The quantitative estimate of drug-likeness (QED) is 0.539. The van der Waals surface area contributed by atoms with E-state index in [0.717, 1.165) is 28.3 Å². The van der Waals surface area contributed by atoms with Crippen LogP contribution in [0.25, 0.3) is 22.6 Å². The summed E-state index contributed by atoms with van der Waals surface area (Å²) < 4.78 is 7.54. The van der Waals surface area contributed by atoms with Crippen LogP contribution >= 0.6 is 0 Å². The fraction of sp³-hybridized carbons (Fsp3) is 0.182. The Morgan fingerprint density at radius 1 is 1.03 bits per heavy atom. The monoisotopic (exact) mass is 385 g/mol. The molecule has 0 aliphatic carbocycles. The highest BCUT2D eigenvalue weighted by Crippen LogP contribution is 2.27. The summed E-state index contributed by atoms with van der Waals surface area (Å²) in [6.45, 7) is 3.73. The molecule has 0 unspecified atom stereocenters. The van der Waals surface area contributed by atoms with Crippen molar-refractivity contribution in [1.29, 1.82) is 0 Å². The van der Waals surface area contributed by atoms with E-state index >= 15 is 0 Å². The lowest BCUT2D eigenvalue weighted by atomic mass is 10.1. The van der Waals surface area contributed by atoms with Crippen LogP contribution < -0.4 is 0 Å². The molecule has 0 saturated carbocycles. The first-order chi connectivity index (χ1) is 14.2. The Hall–Kier alpha value is -3.74. The number of nitrogens with zero attached hydrogens (tertiary/aromatic N) is 5. The molecule has 144 valence electrons. The average Bonchev–Trinajstić information content (AvgIpc) is 3.40. The minimum absolute atomic E-state index is 0.156. The molecule has 0 radical (unpaired) electrons. The van der Waals surface area contributed by atoms with E-state index in [1.807, 2.05) is 49.4 Å². The van der Waals surface area contributed by atoms with Gasteiger partial charge in [-0.25, -0.2) is 4.98 Å². The summed E-state index contributed by atoms with van der Waals surface area (Å²) in [7, 11) is 0. The molecule has 1 aliphatic heterocycles. The highest BCUT2D eigenvalue weighted by Gasteiger charge is 2.28. The third-order valence-electron chi connectivity index (χ3n) is 5.22. The number of amides is 1. The second-order valence-corrected chi connectivity index (χ2v) is 7.02. The summed E-state index contributed by atoms with van der Waals surface area (Å²) in [4.78, 5) is 23.6. The number of rotatable bonds is 3. The van der Waals surface area contributed by atoms with Crippen LogP contribution in [0.5, 0.6) is 0 Å². The molecule has 1 amide bonds. The maximum Gasteiger partial charge on any atom is 0.292 e. The SMILES string of the molecule is Cc1nc(-c2ccncc2)n2c1CN(C(=O)c1cc(-c3ccccc3)no1)CC2. The molecule has 4 aromatic rings. The lowest BCUT2D eigenvalue weighted by Crippen LogP contribution is -2.38. The summed E-state index contributed by atoms with van der Waals surface area (Å²) >= 11 is 0.